The summed E-state index contributed by atoms with van der Waals surface area (Å²) >= 11 is 0. The van der Waals surface area contributed by atoms with Gasteiger partial charge < -0.3 is 4.57 Å². The number of aromatic nitrogens is 2. The number of fused-ring (bicyclic) bond motifs is 5. The highest BCUT2D eigenvalue weighted by atomic mass is 16.1. The summed E-state index contributed by atoms with van der Waals surface area (Å²) in [6, 6.07) is 0. The van der Waals surface area contributed by atoms with E-state index in [4.69, 9.17) is 0 Å². The highest BCUT2D eigenvalue weighted by molar-refractivity contribution is 5.91. The van der Waals surface area contributed by atoms with Crippen LogP contribution in [-0.4, -0.2) is 21.1 Å². The van der Waals surface area contributed by atoms with Crippen molar-refractivity contribution in [1.82, 2.24) is 9.55 Å². The zero-order valence-electron chi connectivity index (χ0n) is 17.2. The Hall–Kier alpha value is -1.71. The van der Waals surface area contributed by atoms with Crippen LogP contribution in [0.2, 0.25) is 0 Å². The molecule has 6 atom stereocenters. The molecule has 4 aliphatic carbocycles. The molecule has 3 fully saturated rings. The molecule has 3 saturated carbocycles. The average Bonchev–Trinajstić information content (AvgIpc) is 3.29. The van der Waals surface area contributed by atoms with Gasteiger partial charge >= 0.3 is 0 Å². The first-order valence-electron chi connectivity index (χ1n) is 11.1. The summed E-state index contributed by atoms with van der Waals surface area (Å²) in [6.45, 7) is 5.31. The van der Waals surface area contributed by atoms with Gasteiger partial charge in [0.25, 0.3) is 0 Å². The largest absolute Gasteiger partial charge is 0.330 e. The lowest BCUT2D eigenvalue weighted by Gasteiger charge is -2.58. The minimum Gasteiger partial charge on any atom is -0.330 e. The number of nitrogens with zero attached hydrogens (tertiary/aromatic N) is 2. The minimum absolute atomic E-state index is 0.154. The van der Waals surface area contributed by atoms with Crippen LogP contribution in [0.3, 0.4) is 0 Å². The Morgan fingerprint density at radius 3 is 2.79 bits per heavy atom. The molecule has 0 radical (unpaired) electrons. The lowest BCUT2D eigenvalue weighted by Crippen LogP contribution is -2.51. The van der Waals surface area contributed by atoms with Crippen LogP contribution < -0.4 is 0 Å². The quantitative estimate of drug-likeness (QED) is 0.770. The van der Waals surface area contributed by atoms with E-state index < -0.39 is 0 Å². The SMILES string of the molecule is C[C@]12CC[C@H]3[C@@H](CCC4=CC(=O)CC[C@@]43C)[C@@H]1CC[C@@H]2C(=O)Cn1ccnc1. The zero-order valence-corrected chi connectivity index (χ0v) is 17.2. The number of carbonyl (C=O) groups excluding carboxylic acids is 2. The van der Waals surface area contributed by atoms with Crippen molar-refractivity contribution in [3.63, 3.8) is 0 Å². The predicted molar refractivity (Wildman–Crippen MR) is 107 cm³/mol. The highest BCUT2D eigenvalue weighted by Gasteiger charge is 2.59. The zero-order chi connectivity index (χ0) is 19.5. The average molecular weight is 381 g/mol. The van der Waals surface area contributed by atoms with E-state index in [1.54, 1.807) is 12.5 Å². The number of carbonyl (C=O) groups is 2. The van der Waals surface area contributed by atoms with E-state index in [2.05, 4.69) is 18.8 Å². The van der Waals surface area contributed by atoms with Crippen molar-refractivity contribution in [2.75, 3.05) is 0 Å². The number of hydrogen-bond donors (Lipinski definition) is 0. The van der Waals surface area contributed by atoms with Gasteiger partial charge in [-0.25, -0.2) is 4.98 Å². The molecule has 0 N–H and O–H groups in total. The Bertz CT molecular complexity index is 826. The first-order valence-corrected chi connectivity index (χ1v) is 11.1. The lowest BCUT2D eigenvalue weighted by atomic mass is 9.46. The van der Waals surface area contributed by atoms with Crippen molar-refractivity contribution in [3.05, 3.63) is 30.4 Å². The van der Waals surface area contributed by atoms with E-state index in [1.807, 2.05) is 16.8 Å². The molecule has 150 valence electrons. The fourth-order valence-corrected chi connectivity index (χ4v) is 7.76. The van der Waals surface area contributed by atoms with Crippen molar-refractivity contribution in [1.29, 1.82) is 0 Å². The van der Waals surface area contributed by atoms with Crippen LogP contribution >= 0.6 is 0 Å². The van der Waals surface area contributed by atoms with Crippen LogP contribution in [-0.2, 0) is 16.1 Å². The topological polar surface area (TPSA) is 52.0 Å². The van der Waals surface area contributed by atoms with Gasteiger partial charge in [0, 0.05) is 24.7 Å². The Kier molecular flexibility index (Phi) is 4.19. The minimum atomic E-state index is 0.154. The third kappa shape index (κ3) is 2.59. The molecule has 0 aliphatic heterocycles. The van der Waals surface area contributed by atoms with Crippen LogP contribution in [0.25, 0.3) is 0 Å². The molecule has 0 aromatic carbocycles. The van der Waals surface area contributed by atoms with Gasteiger partial charge in [-0.1, -0.05) is 19.4 Å². The Morgan fingerprint density at radius 2 is 2.00 bits per heavy atom. The second-order valence-electron chi connectivity index (χ2n) is 10.3. The molecule has 0 spiro atoms. The van der Waals surface area contributed by atoms with Gasteiger partial charge in [0.05, 0.1) is 12.9 Å². The van der Waals surface area contributed by atoms with Crippen LogP contribution in [0.4, 0.5) is 0 Å². The number of hydrogen-bond acceptors (Lipinski definition) is 3. The second-order valence-corrected chi connectivity index (χ2v) is 10.3. The molecule has 1 aromatic heterocycles. The molecule has 5 rings (SSSR count). The fraction of sp³-hybridized carbons (Fsp3) is 0.708. The van der Waals surface area contributed by atoms with Crippen LogP contribution in [0.5, 0.6) is 0 Å². The molecule has 4 nitrogen and oxygen atoms in total. The number of Topliss-reactive ketones (excluding diaryl/α,β-unsaturated/α-hetero) is 1. The molecule has 0 saturated heterocycles. The first kappa shape index (κ1) is 18.3. The molecule has 28 heavy (non-hydrogen) atoms. The fourth-order valence-electron chi connectivity index (χ4n) is 7.76. The summed E-state index contributed by atoms with van der Waals surface area (Å²) in [6.07, 6.45) is 16.1. The monoisotopic (exact) mass is 380 g/mol. The third-order valence-corrected chi connectivity index (χ3v) is 9.25. The van der Waals surface area contributed by atoms with Crippen molar-refractivity contribution < 1.29 is 9.59 Å². The maximum absolute atomic E-state index is 13.2. The van der Waals surface area contributed by atoms with E-state index in [0.29, 0.717) is 29.9 Å². The summed E-state index contributed by atoms with van der Waals surface area (Å²) in [5.74, 6) is 3.00. The van der Waals surface area contributed by atoms with Crippen LogP contribution in [0.1, 0.15) is 65.2 Å². The molecule has 4 heteroatoms. The van der Waals surface area contributed by atoms with Crippen LogP contribution in [0.15, 0.2) is 30.4 Å². The summed E-state index contributed by atoms with van der Waals surface area (Å²) in [4.78, 5) is 29.2. The van der Waals surface area contributed by atoms with Gasteiger partial charge in [-0.15, -0.1) is 0 Å². The summed E-state index contributed by atoms with van der Waals surface area (Å²) in [5, 5.41) is 0. The van der Waals surface area contributed by atoms with Gasteiger partial charge in [0.15, 0.2) is 11.6 Å². The number of allylic oxidation sites excluding steroid dienone is 1. The summed E-state index contributed by atoms with van der Waals surface area (Å²) < 4.78 is 1.92. The number of imidazole rings is 1. The van der Waals surface area contributed by atoms with Gasteiger partial charge in [-0.3, -0.25) is 9.59 Å². The van der Waals surface area contributed by atoms with E-state index in [0.717, 1.165) is 38.0 Å². The van der Waals surface area contributed by atoms with E-state index in [9.17, 15) is 9.59 Å². The number of rotatable bonds is 3. The molecule has 0 amide bonds. The van der Waals surface area contributed by atoms with Crippen LogP contribution in [0, 0.1) is 34.5 Å². The lowest BCUT2D eigenvalue weighted by molar-refractivity contribution is -0.131. The Balaban J connectivity index is 1.39. The number of ketones is 2. The van der Waals surface area contributed by atoms with Gasteiger partial charge in [-0.05, 0) is 79.6 Å². The maximum Gasteiger partial charge on any atom is 0.156 e. The molecule has 0 bridgehead atoms. The molecule has 0 unspecified atom stereocenters. The molecule has 1 heterocycles. The van der Waals surface area contributed by atoms with Gasteiger partial charge in [-0.2, -0.15) is 0 Å². The highest BCUT2D eigenvalue weighted by Crippen LogP contribution is 2.66. The van der Waals surface area contributed by atoms with Crippen molar-refractivity contribution in [2.24, 2.45) is 34.5 Å². The molecular weight excluding hydrogens is 348 g/mol. The summed E-state index contributed by atoms with van der Waals surface area (Å²) in [5.41, 5.74) is 1.80. The van der Waals surface area contributed by atoms with Gasteiger partial charge in [0.2, 0.25) is 0 Å². The Labute approximate surface area is 167 Å². The normalized spacial score (nSPS) is 42.4. The first-order chi connectivity index (χ1) is 13.4. The van der Waals surface area contributed by atoms with Crippen molar-refractivity contribution in [3.8, 4) is 0 Å². The van der Waals surface area contributed by atoms with E-state index in [1.165, 1.54) is 24.8 Å². The third-order valence-electron chi connectivity index (χ3n) is 9.25. The standard InChI is InChI=1S/C24H32N2O2/c1-23-9-7-17(27)13-16(23)3-4-18-19-5-6-21(24(19,2)10-8-20(18)23)22(28)14-26-12-11-25-15-26/h11-13,15,18-21H,3-10,14H2,1-2H3/t18-,19-,20-,21+,23-,24-/m0/s1. The smallest absolute Gasteiger partial charge is 0.156 e. The predicted octanol–water partition coefficient (Wildman–Crippen LogP) is 4.60. The molecule has 1 aromatic rings. The van der Waals surface area contributed by atoms with Gasteiger partial charge in [0.1, 0.15) is 0 Å². The second kappa shape index (κ2) is 6.40. The van der Waals surface area contributed by atoms with Crippen molar-refractivity contribution >= 4 is 11.6 Å². The molecular formula is C24H32N2O2. The molecule has 4 aliphatic rings. The summed E-state index contributed by atoms with van der Waals surface area (Å²) in [7, 11) is 0. The maximum atomic E-state index is 13.2. The van der Waals surface area contributed by atoms with E-state index >= 15 is 0 Å². The Morgan fingerprint density at radius 1 is 1.14 bits per heavy atom. The van der Waals surface area contributed by atoms with E-state index in [-0.39, 0.29) is 16.7 Å². The van der Waals surface area contributed by atoms with Crippen molar-refractivity contribution in [2.45, 2.75) is 71.8 Å².